The molecule has 1 saturated carbocycles. The number of sulfonamides is 1. The fourth-order valence-corrected chi connectivity index (χ4v) is 5.02. The molecule has 6 heteroatoms. The fraction of sp³-hybridized carbons (Fsp3) is 0.600. The van der Waals surface area contributed by atoms with Gasteiger partial charge in [0.25, 0.3) is 0 Å². The van der Waals surface area contributed by atoms with Gasteiger partial charge in [-0.25, -0.2) is 17.5 Å². The summed E-state index contributed by atoms with van der Waals surface area (Å²) >= 11 is 0. The van der Waals surface area contributed by atoms with Crippen LogP contribution in [0.2, 0.25) is 0 Å². The van der Waals surface area contributed by atoms with Crippen LogP contribution >= 0.6 is 0 Å². The molecule has 4 nitrogen and oxygen atoms in total. The van der Waals surface area contributed by atoms with Gasteiger partial charge in [0, 0.05) is 6.04 Å². The molecule has 1 aliphatic rings. The van der Waals surface area contributed by atoms with Gasteiger partial charge in [-0.3, -0.25) is 0 Å². The summed E-state index contributed by atoms with van der Waals surface area (Å²) in [6.07, 6.45) is 3.85. The van der Waals surface area contributed by atoms with Crippen LogP contribution in [0.25, 0.3) is 0 Å². The number of benzene rings is 1. The number of aryl methyl sites for hydroxylation is 2. The largest absolute Gasteiger partial charge is 0.330 e. The van der Waals surface area contributed by atoms with Crippen molar-refractivity contribution >= 4 is 10.0 Å². The normalized spacial score (nSPS) is 23.2. The van der Waals surface area contributed by atoms with Crippen molar-refractivity contribution in [1.29, 1.82) is 0 Å². The van der Waals surface area contributed by atoms with Crippen molar-refractivity contribution in [3.05, 3.63) is 29.1 Å². The Morgan fingerprint density at radius 3 is 2.38 bits per heavy atom. The SMILES string of the molecule is Cc1cc(F)cc(C)c1S(=O)(=O)NC1CCCCC1CN. The summed E-state index contributed by atoms with van der Waals surface area (Å²) in [5, 5.41) is 0. The van der Waals surface area contributed by atoms with Crippen molar-refractivity contribution in [2.75, 3.05) is 6.54 Å². The van der Waals surface area contributed by atoms with Gasteiger partial charge in [-0.05, 0) is 62.4 Å². The molecule has 2 atom stereocenters. The van der Waals surface area contributed by atoms with Crippen LogP contribution in [0.3, 0.4) is 0 Å². The highest BCUT2D eigenvalue weighted by Crippen LogP contribution is 2.27. The van der Waals surface area contributed by atoms with E-state index in [1.807, 2.05) is 0 Å². The molecule has 3 N–H and O–H groups in total. The average molecular weight is 314 g/mol. The lowest BCUT2D eigenvalue weighted by Gasteiger charge is -2.31. The van der Waals surface area contributed by atoms with Crippen LogP contribution in [0.15, 0.2) is 17.0 Å². The molecular formula is C15H23FN2O2S. The van der Waals surface area contributed by atoms with Crippen LogP contribution in [0.5, 0.6) is 0 Å². The third-order valence-electron chi connectivity index (χ3n) is 4.21. The van der Waals surface area contributed by atoms with Gasteiger partial charge in [0.15, 0.2) is 0 Å². The van der Waals surface area contributed by atoms with Crippen molar-refractivity contribution in [1.82, 2.24) is 4.72 Å². The smallest absolute Gasteiger partial charge is 0.241 e. The Balaban J connectivity index is 2.30. The Morgan fingerprint density at radius 1 is 1.24 bits per heavy atom. The van der Waals surface area contributed by atoms with E-state index in [0.717, 1.165) is 25.7 Å². The molecule has 0 amide bonds. The monoisotopic (exact) mass is 314 g/mol. The zero-order chi connectivity index (χ0) is 15.6. The van der Waals surface area contributed by atoms with Gasteiger partial charge in [-0.2, -0.15) is 0 Å². The number of hydrogen-bond acceptors (Lipinski definition) is 3. The number of nitrogens with one attached hydrogen (secondary N) is 1. The molecule has 21 heavy (non-hydrogen) atoms. The summed E-state index contributed by atoms with van der Waals surface area (Å²) in [7, 11) is -3.65. The number of rotatable bonds is 4. The quantitative estimate of drug-likeness (QED) is 0.895. The minimum absolute atomic E-state index is 0.127. The average Bonchev–Trinajstić information content (AvgIpc) is 2.37. The summed E-state index contributed by atoms with van der Waals surface area (Å²) in [6, 6.07) is 2.38. The molecule has 0 aromatic heterocycles. The second kappa shape index (κ2) is 6.42. The first kappa shape index (κ1) is 16.4. The van der Waals surface area contributed by atoms with Gasteiger partial charge < -0.3 is 5.73 Å². The Morgan fingerprint density at radius 2 is 1.81 bits per heavy atom. The van der Waals surface area contributed by atoms with Gasteiger partial charge in [0.2, 0.25) is 10.0 Å². The van der Waals surface area contributed by atoms with Crippen LogP contribution in [0.4, 0.5) is 4.39 Å². The van der Waals surface area contributed by atoms with E-state index in [2.05, 4.69) is 4.72 Å². The zero-order valence-electron chi connectivity index (χ0n) is 12.5. The highest BCUT2D eigenvalue weighted by Gasteiger charge is 2.30. The van der Waals surface area contributed by atoms with E-state index in [4.69, 9.17) is 5.73 Å². The molecule has 0 bridgehead atoms. The topological polar surface area (TPSA) is 72.2 Å². The molecule has 0 heterocycles. The molecule has 1 aliphatic carbocycles. The van der Waals surface area contributed by atoms with Gasteiger partial charge in [0.05, 0.1) is 4.90 Å². The van der Waals surface area contributed by atoms with E-state index in [9.17, 15) is 12.8 Å². The second-order valence-electron chi connectivity index (χ2n) is 5.88. The summed E-state index contributed by atoms with van der Waals surface area (Å²) in [4.78, 5) is 0.185. The van der Waals surface area contributed by atoms with Crippen molar-refractivity contribution in [3.63, 3.8) is 0 Å². The van der Waals surface area contributed by atoms with Crippen LogP contribution in [0, 0.1) is 25.6 Å². The third kappa shape index (κ3) is 3.62. The predicted molar refractivity (Wildman–Crippen MR) is 81.0 cm³/mol. The van der Waals surface area contributed by atoms with E-state index < -0.39 is 15.8 Å². The van der Waals surface area contributed by atoms with E-state index >= 15 is 0 Å². The standard InChI is InChI=1S/C15H23FN2O2S/c1-10-7-13(16)8-11(2)15(10)21(19,20)18-14-6-4-3-5-12(14)9-17/h7-8,12,14,18H,3-6,9,17H2,1-2H3. The highest BCUT2D eigenvalue weighted by atomic mass is 32.2. The molecule has 1 aromatic rings. The zero-order valence-corrected chi connectivity index (χ0v) is 13.3. The van der Waals surface area contributed by atoms with E-state index in [1.54, 1.807) is 13.8 Å². The molecule has 0 spiro atoms. The first-order chi connectivity index (χ1) is 9.85. The van der Waals surface area contributed by atoms with E-state index in [1.165, 1.54) is 12.1 Å². The van der Waals surface area contributed by atoms with Crippen LogP contribution in [0.1, 0.15) is 36.8 Å². The first-order valence-corrected chi connectivity index (χ1v) is 8.82. The second-order valence-corrected chi connectivity index (χ2v) is 7.53. The lowest BCUT2D eigenvalue weighted by atomic mass is 9.85. The summed E-state index contributed by atoms with van der Waals surface area (Å²) in [6.45, 7) is 3.71. The molecule has 1 fully saturated rings. The van der Waals surface area contributed by atoms with E-state index in [0.29, 0.717) is 17.7 Å². The molecular weight excluding hydrogens is 291 g/mol. The molecule has 0 radical (unpaired) electrons. The van der Waals surface area contributed by atoms with Crippen molar-refractivity contribution in [3.8, 4) is 0 Å². The summed E-state index contributed by atoms with van der Waals surface area (Å²) in [5.41, 5.74) is 6.61. The Labute approximate surface area is 126 Å². The maximum absolute atomic E-state index is 13.3. The number of halogens is 1. The molecule has 118 valence electrons. The van der Waals surface area contributed by atoms with Gasteiger partial charge in [-0.1, -0.05) is 12.8 Å². The minimum Gasteiger partial charge on any atom is -0.330 e. The first-order valence-electron chi connectivity index (χ1n) is 7.34. The van der Waals surface area contributed by atoms with Crippen LogP contribution in [-0.4, -0.2) is 21.0 Å². The highest BCUT2D eigenvalue weighted by molar-refractivity contribution is 7.89. The van der Waals surface area contributed by atoms with Crippen molar-refractivity contribution < 1.29 is 12.8 Å². The predicted octanol–water partition coefficient (Wildman–Crippen LogP) is 2.24. The van der Waals surface area contributed by atoms with Crippen molar-refractivity contribution in [2.45, 2.75) is 50.5 Å². The maximum atomic E-state index is 13.3. The van der Waals surface area contributed by atoms with E-state index in [-0.39, 0.29) is 16.9 Å². The molecule has 1 aromatic carbocycles. The maximum Gasteiger partial charge on any atom is 0.241 e. The number of nitrogens with two attached hydrogens (primary N) is 1. The van der Waals surface area contributed by atoms with Crippen molar-refractivity contribution in [2.24, 2.45) is 11.7 Å². The van der Waals surface area contributed by atoms with Gasteiger partial charge in [-0.15, -0.1) is 0 Å². The fourth-order valence-electron chi connectivity index (χ4n) is 3.22. The molecule has 2 rings (SSSR count). The lowest BCUT2D eigenvalue weighted by Crippen LogP contribution is -2.44. The summed E-state index contributed by atoms with van der Waals surface area (Å²) in [5.74, 6) is -0.240. The molecule has 0 saturated heterocycles. The minimum atomic E-state index is -3.65. The molecule has 0 aliphatic heterocycles. The number of hydrogen-bond donors (Lipinski definition) is 2. The Hall–Kier alpha value is -0.980. The third-order valence-corrected chi connectivity index (χ3v) is 6.01. The van der Waals surface area contributed by atoms with Gasteiger partial charge in [0.1, 0.15) is 5.82 Å². The van der Waals surface area contributed by atoms with Crippen LogP contribution < -0.4 is 10.5 Å². The van der Waals surface area contributed by atoms with Gasteiger partial charge >= 0.3 is 0 Å². The Kier molecular flexibility index (Phi) is 5.01. The lowest BCUT2D eigenvalue weighted by molar-refractivity contribution is 0.296. The summed E-state index contributed by atoms with van der Waals surface area (Å²) < 4.78 is 41.4. The molecule has 2 unspecified atom stereocenters. The Bertz CT molecular complexity index is 593. The van der Waals surface area contributed by atoms with Crippen LogP contribution in [-0.2, 0) is 10.0 Å².